The van der Waals surface area contributed by atoms with Crippen LogP contribution in [0.1, 0.15) is 67.8 Å². The third kappa shape index (κ3) is 3.01. The lowest BCUT2D eigenvalue weighted by atomic mass is 9.49. The molecule has 0 spiro atoms. The first kappa shape index (κ1) is 17.7. The Kier molecular flexibility index (Phi) is 3.91. The van der Waals surface area contributed by atoms with E-state index in [0.717, 1.165) is 62.2 Å². The number of nitrogens with one attached hydrogen (secondary N) is 1. The van der Waals surface area contributed by atoms with Gasteiger partial charge in [0.2, 0.25) is 11.9 Å². The van der Waals surface area contributed by atoms with Crippen LogP contribution in [-0.2, 0) is 17.8 Å². The zero-order chi connectivity index (χ0) is 19.6. The van der Waals surface area contributed by atoms with Crippen molar-refractivity contribution in [1.82, 2.24) is 14.8 Å². The number of aryl methyl sites for hydroxylation is 2. The normalized spacial score (nSPS) is 34.8. The molecule has 5 nitrogen and oxygen atoms in total. The summed E-state index contributed by atoms with van der Waals surface area (Å²) in [6, 6.07) is 8.79. The Balaban J connectivity index is 1.19. The quantitative estimate of drug-likeness (QED) is 0.841. The molecule has 4 bridgehead atoms. The number of carbonyl (C=O) groups is 1. The lowest BCUT2D eigenvalue weighted by molar-refractivity contribution is -0.140. The molecule has 1 aliphatic heterocycles. The molecule has 0 saturated heterocycles. The molecule has 4 saturated carbocycles. The van der Waals surface area contributed by atoms with Gasteiger partial charge in [-0.3, -0.25) is 10.1 Å². The van der Waals surface area contributed by atoms with Crippen molar-refractivity contribution in [2.75, 3.05) is 5.32 Å². The molecule has 1 N–H and O–H groups in total. The molecule has 5 aliphatic rings. The fourth-order valence-corrected chi connectivity index (χ4v) is 7.19. The minimum Gasteiger partial charge on any atom is -0.293 e. The number of benzene rings is 1. The van der Waals surface area contributed by atoms with E-state index in [9.17, 15) is 4.79 Å². The summed E-state index contributed by atoms with van der Waals surface area (Å²) in [6.07, 6.45) is 9.25. The number of carbonyl (C=O) groups excluding carboxylic acids is 1. The Bertz CT molecular complexity index is 926. The fourth-order valence-electron chi connectivity index (χ4n) is 7.19. The Hall–Kier alpha value is -2.17. The first-order valence-electron chi connectivity index (χ1n) is 11.4. The molecule has 0 radical (unpaired) electrons. The molecule has 2 aromatic rings. The summed E-state index contributed by atoms with van der Waals surface area (Å²) in [4.78, 5) is 18.0. The van der Waals surface area contributed by atoms with Crippen molar-refractivity contribution in [3.63, 3.8) is 0 Å². The van der Waals surface area contributed by atoms with E-state index in [1.165, 1.54) is 30.4 Å². The number of fused-ring (bicyclic) bond motifs is 1. The second kappa shape index (κ2) is 6.41. The molecule has 7 rings (SSSR count). The van der Waals surface area contributed by atoms with E-state index >= 15 is 0 Å². The Labute approximate surface area is 172 Å². The second-order valence-electron chi connectivity index (χ2n) is 10.3. The van der Waals surface area contributed by atoms with Crippen molar-refractivity contribution < 1.29 is 4.79 Å². The number of nitrogens with zero attached hydrogens (tertiary/aromatic N) is 3. The molecule has 2 heterocycles. The highest BCUT2D eigenvalue weighted by atomic mass is 16.2. The minimum absolute atomic E-state index is 0.148. The number of anilines is 1. The van der Waals surface area contributed by atoms with Crippen LogP contribution in [0.5, 0.6) is 0 Å². The van der Waals surface area contributed by atoms with Crippen molar-refractivity contribution in [3.05, 3.63) is 41.2 Å². The van der Waals surface area contributed by atoms with Crippen LogP contribution in [0.4, 0.5) is 5.95 Å². The highest BCUT2D eigenvalue weighted by molar-refractivity contribution is 5.94. The topological polar surface area (TPSA) is 59.8 Å². The van der Waals surface area contributed by atoms with Crippen LogP contribution in [-0.4, -0.2) is 20.7 Å². The van der Waals surface area contributed by atoms with Gasteiger partial charge in [-0.2, -0.15) is 4.98 Å². The summed E-state index contributed by atoms with van der Waals surface area (Å²) in [7, 11) is 0. The monoisotopic (exact) mass is 390 g/mol. The summed E-state index contributed by atoms with van der Waals surface area (Å²) in [5, 5.41) is 7.78. The molecule has 1 aromatic carbocycles. The Morgan fingerprint density at radius 2 is 1.86 bits per heavy atom. The van der Waals surface area contributed by atoms with Crippen molar-refractivity contribution >= 4 is 11.9 Å². The zero-order valence-electron chi connectivity index (χ0n) is 17.2. The number of hydrogen-bond donors (Lipinski definition) is 1. The molecule has 1 atom stereocenters. The summed E-state index contributed by atoms with van der Waals surface area (Å²) in [5.41, 5.74) is 2.54. The number of aromatic nitrogens is 3. The maximum absolute atomic E-state index is 13.3. The first-order chi connectivity index (χ1) is 14.1. The number of amides is 1. The molecule has 152 valence electrons. The fraction of sp³-hybridized carbons (Fsp3) is 0.625. The van der Waals surface area contributed by atoms with Gasteiger partial charge in [0.05, 0.1) is 5.41 Å². The van der Waals surface area contributed by atoms with Crippen molar-refractivity contribution in [1.29, 1.82) is 0 Å². The standard InChI is InChI=1S/C24H30N4O/c1-15-3-2-4-19(7-15)20-5-6-28-21(11-20)25-23(27-28)26-22(29)24-12-16-8-17(13-24)10-18(9-16)14-24/h2-4,7,16-18,20H,5-6,8-14H2,1H3,(H,26,27,29). The molecule has 1 aromatic heterocycles. The van der Waals surface area contributed by atoms with E-state index in [4.69, 9.17) is 4.98 Å². The van der Waals surface area contributed by atoms with Gasteiger partial charge in [0.25, 0.3) is 0 Å². The molecule has 5 heteroatoms. The summed E-state index contributed by atoms with van der Waals surface area (Å²) in [5.74, 6) is 4.50. The van der Waals surface area contributed by atoms with E-state index in [2.05, 4.69) is 41.6 Å². The van der Waals surface area contributed by atoms with Crippen molar-refractivity contribution in [3.8, 4) is 0 Å². The second-order valence-corrected chi connectivity index (χ2v) is 10.3. The third-order valence-corrected chi connectivity index (χ3v) is 8.13. The molecule has 1 unspecified atom stereocenters. The molecule has 1 amide bonds. The molecule has 4 aliphatic carbocycles. The molecule has 29 heavy (non-hydrogen) atoms. The molecular formula is C24H30N4O. The van der Waals surface area contributed by atoms with Crippen LogP contribution in [0, 0.1) is 30.1 Å². The SMILES string of the molecule is Cc1cccc(C2CCn3nc(NC(=O)C45CC6CC(CC(C6)C4)C5)nc3C2)c1. The van der Waals surface area contributed by atoms with Gasteiger partial charge in [-0.25, -0.2) is 4.68 Å². The van der Waals surface area contributed by atoms with Crippen molar-refractivity contribution in [2.45, 2.75) is 70.8 Å². The number of rotatable bonds is 3. The first-order valence-corrected chi connectivity index (χ1v) is 11.4. The van der Waals surface area contributed by atoms with E-state index in [1.54, 1.807) is 0 Å². The molecular weight excluding hydrogens is 360 g/mol. The van der Waals surface area contributed by atoms with Gasteiger partial charge in [-0.05, 0) is 81.1 Å². The Morgan fingerprint density at radius 3 is 2.55 bits per heavy atom. The van der Waals surface area contributed by atoms with Gasteiger partial charge in [0, 0.05) is 13.0 Å². The smallest absolute Gasteiger partial charge is 0.248 e. The van der Waals surface area contributed by atoms with E-state index < -0.39 is 0 Å². The average Bonchev–Trinajstić information content (AvgIpc) is 3.08. The zero-order valence-corrected chi connectivity index (χ0v) is 17.2. The largest absolute Gasteiger partial charge is 0.293 e. The van der Waals surface area contributed by atoms with Crippen LogP contribution in [0.25, 0.3) is 0 Å². The average molecular weight is 391 g/mol. The van der Waals surface area contributed by atoms with Crippen molar-refractivity contribution in [2.24, 2.45) is 23.2 Å². The van der Waals surface area contributed by atoms with E-state index in [-0.39, 0.29) is 11.3 Å². The highest BCUT2D eigenvalue weighted by Crippen LogP contribution is 2.60. The Morgan fingerprint density at radius 1 is 1.14 bits per heavy atom. The third-order valence-electron chi connectivity index (χ3n) is 8.13. The van der Waals surface area contributed by atoms with Crippen LogP contribution in [0.15, 0.2) is 24.3 Å². The van der Waals surface area contributed by atoms with Gasteiger partial charge >= 0.3 is 0 Å². The molecule has 4 fully saturated rings. The summed E-state index contributed by atoms with van der Waals surface area (Å²) < 4.78 is 2.00. The summed E-state index contributed by atoms with van der Waals surface area (Å²) in [6.45, 7) is 3.01. The van der Waals surface area contributed by atoms with Gasteiger partial charge < -0.3 is 0 Å². The maximum Gasteiger partial charge on any atom is 0.248 e. The number of hydrogen-bond acceptors (Lipinski definition) is 3. The van der Waals surface area contributed by atoms with Crippen LogP contribution >= 0.6 is 0 Å². The lowest BCUT2D eigenvalue weighted by Gasteiger charge is -2.55. The predicted molar refractivity (Wildman–Crippen MR) is 111 cm³/mol. The minimum atomic E-state index is -0.148. The van der Waals surface area contributed by atoms with Gasteiger partial charge in [0.15, 0.2) is 0 Å². The summed E-state index contributed by atoms with van der Waals surface area (Å²) >= 11 is 0. The lowest BCUT2D eigenvalue weighted by Crippen LogP contribution is -2.51. The van der Waals surface area contributed by atoms with E-state index in [1.807, 2.05) is 4.68 Å². The van der Waals surface area contributed by atoms with Gasteiger partial charge in [-0.1, -0.05) is 29.8 Å². The van der Waals surface area contributed by atoms with Crippen LogP contribution < -0.4 is 5.32 Å². The maximum atomic E-state index is 13.3. The van der Waals surface area contributed by atoms with E-state index in [0.29, 0.717) is 11.9 Å². The predicted octanol–water partition coefficient (Wildman–Crippen LogP) is 4.47. The highest BCUT2D eigenvalue weighted by Gasteiger charge is 2.54. The van der Waals surface area contributed by atoms with Crippen LogP contribution in [0.3, 0.4) is 0 Å². The van der Waals surface area contributed by atoms with Crippen LogP contribution in [0.2, 0.25) is 0 Å². The van der Waals surface area contributed by atoms with Gasteiger partial charge in [-0.15, -0.1) is 5.10 Å². The van der Waals surface area contributed by atoms with Gasteiger partial charge in [0.1, 0.15) is 5.82 Å².